The maximum Gasteiger partial charge on any atom is 0.341 e. The van der Waals surface area contributed by atoms with Crippen LogP contribution in [0.1, 0.15) is 57.6 Å². The monoisotopic (exact) mass is 495 g/mol. The van der Waals surface area contributed by atoms with Crippen LogP contribution in [-0.2, 0) is 17.6 Å². The van der Waals surface area contributed by atoms with Crippen LogP contribution in [0.3, 0.4) is 0 Å². The number of benzene rings is 2. The Morgan fingerprint density at radius 1 is 1.14 bits per heavy atom. The number of thiophene rings is 1. The van der Waals surface area contributed by atoms with Gasteiger partial charge in [0.1, 0.15) is 22.9 Å². The van der Waals surface area contributed by atoms with E-state index in [0.717, 1.165) is 36.1 Å². The zero-order valence-electron chi connectivity index (χ0n) is 19.5. The third-order valence-electron chi connectivity index (χ3n) is 5.94. The minimum atomic E-state index is -1.26. The normalized spacial score (nSPS) is 12.5. The number of nitrogens with zero attached hydrogens (tertiary/aromatic N) is 5. The summed E-state index contributed by atoms with van der Waals surface area (Å²) >= 11 is 1.34. The van der Waals surface area contributed by atoms with E-state index in [1.165, 1.54) is 17.4 Å². The average Bonchev–Trinajstić information content (AvgIpc) is 3.28. The van der Waals surface area contributed by atoms with Gasteiger partial charge < -0.3 is 9.84 Å². The van der Waals surface area contributed by atoms with Crippen LogP contribution in [0.2, 0.25) is 0 Å². The number of aryl methyl sites for hydroxylation is 1. The maximum absolute atomic E-state index is 12.8. The second-order valence-corrected chi connectivity index (χ2v) is 9.15. The molecule has 0 saturated carbocycles. The van der Waals surface area contributed by atoms with Gasteiger partial charge in [-0.15, -0.1) is 21.6 Å². The van der Waals surface area contributed by atoms with Gasteiger partial charge in [-0.25, -0.2) is 4.79 Å². The molecule has 1 N–H and O–H groups in total. The molecule has 9 heteroatoms. The number of aromatic hydroxyl groups is 1. The zero-order chi connectivity index (χ0) is 25.7. The molecule has 178 valence electrons. The lowest BCUT2D eigenvalue weighted by atomic mass is 9.91. The van der Waals surface area contributed by atoms with Gasteiger partial charge in [-0.1, -0.05) is 30.3 Å². The fourth-order valence-corrected chi connectivity index (χ4v) is 5.46. The van der Waals surface area contributed by atoms with Crippen molar-refractivity contribution in [2.75, 3.05) is 6.61 Å². The number of hydrogen-bond donors (Lipinski definition) is 1. The third kappa shape index (κ3) is 4.55. The molecule has 0 aliphatic heterocycles. The van der Waals surface area contributed by atoms with Crippen LogP contribution >= 0.6 is 11.3 Å². The summed E-state index contributed by atoms with van der Waals surface area (Å²) in [5, 5.41) is 48.9. The van der Waals surface area contributed by atoms with Crippen LogP contribution < -0.4 is 0 Å². The second kappa shape index (κ2) is 10.8. The van der Waals surface area contributed by atoms with Gasteiger partial charge >= 0.3 is 5.97 Å². The molecule has 0 radical (unpaired) electrons. The lowest BCUT2D eigenvalue weighted by Gasteiger charge is -2.13. The fourth-order valence-electron chi connectivity index (χ4n) is 4.26. The van der Waals surface area contributed by atoms with E-state index in [4.69, 9.17) is 4.74 Å². The van der Waals surface area contributed by atoms with E-state index in [0.29, 0.717) is 21.7 Å². The molecule has 2 aromatic carbocycles. The Kier molecular flexibility index (Phi) is 7.39. The number of nitriles is 3. The molecular weight excluding hydrogens is 474 g/mol. The van der Waals surface area contributed by atoms with Crippen LogP contribution in [0, 0.1) is 34.0 Å². The second-order valence-electron chi connectivity index (χ2n) is 8.07. The van der Waals surface area contributed by atoms with E-state index in [9.17, 15) is 25.7 Å². The Morgan fingerprint density at radius 2 is 1.86 bits per heavy atom. The highest BCUT2D eigenvalue weighted by Gasteiger charge is 2.28. The Labute approximate surface area is 212 Å². The van der Waals surface area contributed by atoms with Crippen molar-refractivity contribution in [2.45, 2.75) is 38.5 Å². The van der Waals surface area contributed by atoms with Crippen molar-refractivity contribution >= 4 is 28.0 Å². The van der Waals surface area contributed by atoms with Gasteiger partial charge in [-0.2, -0.15) is 15.8 Å². The molecule has 3 aromatic rings. The van der Waals surface area contributed by atoms with E-state index in [1.54, 1.807) is 31.2 Å². The van der Waals surface area contributed by atoms with Gasteiger partial charge in [0.05, 0.1) is 18.7 Å². The Balaban J connectivity index is 1.91. The number of carbonyl (C=O) groups excluding carboxylic acids is 1. The molecule has 1 aliphatic carbocycles. The van der Waals surface area contributed by atoms with Crippen LogP contribution in [-0.4, -0.2) is 17.7 Å². The highest BCUT2D eigenvalue weighted by Crippen LogP contribution is 2.45. The summed E-state index contributed by atoms with van der Waals surface area (Å²) in [7, 11) is 0. The van der Waals surface area contributed by atoms with E-state index in [-0.39, 0.29) is 23.4 Å². The summed E-state index contributed by atoms with van der Waals surface area (Å²) in [6.07, 6.45) is 3.53. The number of ether oxygens (including phenoxy) is 1. The van der Waals surface area contributed by atoms with Gasteiger partial charge in [0, 0.05) is 16.0 Å². The van der Waals surface area contributed by atoms with Crippen LogP contribution in [0.4, 0.5) is 10.7 Å². The van der Waals surface area contributed by atoms with E-state index >= 15 is 0 Å². The largest absolute Gasteiger partial charge is 0.504 e. The van der Waals surface area contributed by atoms with Crippen LogP contribution in [0.25, 0.3) is 11.1 Å². The highest BCUT2D eigenvalue weighted by molar-refractivity contribution is 7.16. The number of carbonyl (C=O) groups is 1. The SMILES string of the molecule is CCOC(=O)c1c(N=Nc2c(C(C#N)C#N)cc(-c3ccccc3)c(C#N)c2O)sc2c1CCCC2. The summed E-state index contributed by atoms with van der Waals surface area (Å²) < 4.78 is 5.25. The minimum absolute atomic E-state index is 0.0513. The number of phenols is 1. The molecule has 4 rings (SSSR count). The summed E-state index contributed by atoms with van der Waals surface area (Å²) in [6, 6.07) is 16.2. The predicted molar refractivity (Wildman–Crippen MR) is 133 cm³/mol. The van der Waals surface area contributed by atoms with Gasteiger partial charge in [0.25, 0.3) is 0 Å². The minimum Gasteiger partial charge on any atom is -0.504 e. The molecule has 0 fully saturated rings. The smallest absolute Gasteiger partial charge is 0.341 e. The molecule has 0 atom stereocenters. The third-order valence-corrected chi connectivity index (χ3v) is 7.12. The lowest BCUT2D eigenvalue weighted by Crippen LogP contribution is -2.09. The van der Waals surface area contributed by atoms with Gasteiger partial charge in [0.2, 0.25) is 0 Å². The van der Waals surface area contributed by atoms with Crippen molar-refractivity contribution < 1.29 is 14.6 Å². The lowest BCUT2D eigenvalue weighted by molar-refractivity contribution is 0.0526. The van der Waals surface area contributed by atoms with Crippen LogP contribution in [0.15, 0.2) is 46.6 Å². The number of fused-ring (bicyclic) bond motifs is 1. The Morgan fingerprint density at radius 3 is 2.53 bits per heavy atom. The van der Waals surface area contributed by atoms with E-state index in [1.807, 2.05) is 24.3 Å². The van der Waals surface area contributed by atoms with Gasteiger partial charge in [-0.3, -0.25) is 0 Å². The van der Waals surface area contributed by atoms with Gasteiger partial charge in [0.15, 0.2) is 16.7 Å². The number of rotatable bonds is 6. The van der Waals surface area contributed by atoms with Crippen molar-refractivity contribution in [3.8, 4) is 35.1 Å². The molecular formula is C27H21N5O3S. The van der Waals surface area contributed by atoms with Crippen molar-refractivity contribution in [3.05, 3.63) is 63.5 Å². The molecule has 1 aliphatic rings. The molecule has 0 saturated heterocycles. The zero-order valence-corrected chi connectivity index (χ0v) is 20.3. The molecule has 8 nitrogen and oxygen atoms in total. The van der Waals surface area contributed by atoms with Crippen molar-refractivity contribution in [1.82, 2.24) is 0 Å². The number of hydrogen-bond acceptors (Lipinski definition) is 9. The quantitative estimate of drug-likeness (QED) is 0.302. The molecule has 0 amide bonds. The summed E-state index contributed by atoms with van der Waals surface area (Å²) in [6.45, 7) is 1.94. The number of esters is 1. The summed E-state index contributed by atoms with van der Waals surface area (Å²) in [5.74, 6) is -2.23. The molecule has 0 bridgehead atoms. The first-order valence-electron chi connectivity index (χ1n) is 11.4. The molecule has 1 aromatic heterocycles. The van der Waals surface area contributed by atoms with E-state index < -0.39 is 17.6 Å². The first-order chi connectivity index (χ1) is 17.5. The van der Waals surface area contributed by atoms with E-state index in [2.05, 4.69) is 10.2 Å². The van der Waals surface area contributed by atoms with Crippen molar-refractivity contribution in [2.24, 2.45) is 10.2 Å². The highest BCUT2D eigenvalue weighted by atomic mass is 32.1. The number of azo groups is 1. The fraction of sp³-hybridized carbons (Fsp3) is 0.259. The predicted octanol–water partition coefficient (Wildman–Crippen LogP) is 6.59. The summed E-state index contributed by atoms with van der Waals surface area (Å²) in [5.41, 5.74) is 2.20. The molecule has 1 heterocycles. The maximum atomic E-state index is 12.8. The number of phenolic OH excluding ortho intramolecular Hbond substituents is 1. The molecule has 36 heavy (non-hydrogen) atoms. The van der Waals surface area contributed by atoms with Gasteiger partial charge in [-0.05, 0) is 49.8 Å². The average molecular weight is 496 g/mol. The Bertz CT molecular complexity index is 1460. The first kappa shape index (κ1) is 24.6. The van der Waals surface area contributed by atoms with Crippen LogP contribution in [0.5, 0.6) is 5.75 Å². The first-order valence-corrected chi connectivity index (χ1v) is 12.2. The topological polar surface area (TPSA) is 143 Å². The standard InChI is InChI=1S/C27H21N5O3S/c1-2-35-27(34)23-18-10-6-7-11-22(18)36-26(23)32-31-24-20(17(13-28)14-29)12-19(21(15-30)25(24)33)16-8-4-3-5-9-16/h3-5,8-9,12,17,33H,2,6-7,10-11H2,1H3. The molecule has 0 unspecified atom stereocenters. The van der Waals surface area contributed by atoms with Crippen molar-refractivity contribution in [3.63, 3.8) is 0 Å². The van der Waals surface area contributed by atoms with Crippen molar-refractivity contribution in [1.29, 1.82) is 15.8 Å². The Hall–Kier alpha value is -4.52. The molecule has 0 spiro atoms. The summed E-state index contributed by atoms with van der Waals surface area (Å²) in [4.78, 5) is 13.8.